The molecular formula is C32H42N2O3. The van der Waals surface area contributed by atoms with Gasteiger partial charge in [-0.1, -0.05) is 19.9 Å². The largest absolute Gasteiger partial charge is 0.370 e. The van der Waals surface area contributed by atoms with Crippen molar-refractivity contribution in [2.24, 2.45) is 47.3 Å². The maximum absolute atomic E-state index is 14.4. The quantitative estimate of drug-likeness (QED) is 0.511. The molecule has 0 aromatic carbocycles. The molecule has 2 saturated heterocycles. The molecule has 0 aromatic heterocycles. The second-order valence-electron chi connectivity index (χ2n) is 14.5. The minimum absolute atomic E-state index is 0.0155. The van der Waals surface area contributed by atoms with Crippen LogP contribution in [0, 0.1) is 47.3 Å². The summed E-state index contributed by atoms with van der Waals surface area (Å²) in [6.45, 7) is 6.54. The summed E-state index contributed by atoms with van der Waals surface area (Å²) in [7, 11) is 0. The lowest BCUT2D eigenvalue weighted by molar-refractivity contribution is -0.170. The molecule has 0 aromatic rings. The van der Waals surface area contributed by atoms with Gasteiger partial charge in [-0.05, 0) is 93.0 Å². The predicted octanol–water partition coefficient (Wildman–Crippen LogP) is 4.91. The van der Waals surface area contributed by atoms with Crippen LogP contribution in [0.15, 0.2) is 23.4 Å². The fourth-order valence-corrected chi connectivity index (χ4v) is 11.9. The molecule has 37 heavy (non-hydrogen) atoms. The SMILES string of the molecule is CC1CC2CC(=O)C3CCCN4C=C(C5=CC6C7CC(=O)C8CCCN(C5=O)C86CC(C)C7)CC2C34C1. The van der Waals surface area contributed by atoms with Crippen LogP contribution in [0.5, 0.6) is 0 Å². The first-order valence-electron chi connectivity index (χ1n) is 15.4. The van der Waals surface area contributed by atoms with E-state index in [1.807, 2.05) is 0 Å². The summed E-state index contributed by atoms with van der Waals surface area (Å²) in [5.74, 6) is 4.20. The Kier molecular flexibility index (Phi) is 4.73. The molecule has 5 heteroatoms. The van der Waals surface area contributed by atoms with Crippen molar-refractivity contribution in [3.63, 3.8) is 0 Å². The van der Waals surface area contributed by atoms with Crippen molar-refractivity contribution < 1.29 is 14.4 Å². The summed E-state index contributed by atoms with van der Waals surface area (Å²) < 4.78 is 0. The number of piperidine rings is 2. The fourth-order valence-electron chi connectivity index (χ4n) is 11.9. The molecule has 0 radical (unpaired) electrons. The van der Waals surface area contributed by atoms with Crippen LogP contribution < -0.4 is 0 Å². The van der Waals surface area contributed by atoms with E-state index in [0.717, 1.165) is 82.9 Å². The van der Waals surface area contributed by atoms with Crippen LogP contribution in [0.3, 0.4) is 0 Å². The van der Waals surface area contributed by atoms with Gasteiger partial charge in [0.05, 0.1) is 11.1 Å². The lowest BCUT2D eigenvalue weighted by Crippen LogP contribution is -2.72. The first-order chi connectivity index (χ1) is 17.8. The van der Waals surface area contributed by atoms with Gasteiger partial charge in [-0.15, -0.1) is 0 Å². The van der Waals surface area contributed by atoms with E-state index in [-0.39, 0.29) is 28.8 Å². The van der Waals surface area contributed by atoms with E-state index in [4.69, 9.17) is 0 Å². The number of nitrogens with zero attached hydrogens (tertiary/aromatic N) is 2. The highest BCUT2D eigenvalue weighted by Gasteiger charge is 2.66. The third kappa shape index (κ3) is 2.79. The summed E-state index contributed by atoms with van der Waals surface area (Å²) in [5.41, 5.74) is 1.90. The van der Waals surface area contributed by atoms with Gasteiger partial charge in [-0.25, -0.2) is 0 Å². The van der Waals surface area contributed by atoms with E-state index in [2.05, 4.69) is 35.9 Å². The molecule has 4 aliphatic heterocycles. The van der Waals surface area contributed by atoms with E-state index in [1.165, 1.54) is 5.57 Å². The number of hydrogen-bond donors (Lipinski definition) is 0. The third-order valence-electron chi connectivity index (χ3n) is 12.7. The summed E-state index contributed by atoms with van der Waals surface area (Å²) in [6, 6.07) is 0. The van der Waals surface area contributed by atoms with E-state index in [9.17, 15) is 14.4 Å². The Morgan fingerprint density at radius 2 is 1.46 bits per heavy atom. The minimum atomic E-state index is -0.271. The molecule has 4 saturated carbocycles. The average Bonchev–Trinajstić information content (AvgIpc) is 2.84. The molecule has 6 fully saturated rings. The predicted molar refractivity (Wildman–Crippen MR) is 140 cm³/mol. The highest BCUT2D eigenvalue weighted by atomic mass is 16.2. The van der Waals surface area contributed by atoms with E-state index >= 15 is 0 Å². The molecule has 8 aliphatic rings. The normalized spacial score (nSPS) is 50.2. The van der Waals surface area contributed by atoms with Crippen LogP contribution in [-0.4, -0.2) is 51.4 Å². The number of hydrogen-bond acceptors (Lipinski definition) is 4. The van der Waals surface area contributed by atoms with Crippen molar-refractivity contribution in [2.75, 3.05) is 13.1 Å². The average molecular weight is 503 g/mol. The zero-order chi connectivity index (χ0) is 25.3. The van der Waals surface area contributed by atoms with Crippen molar-refractivity contribution in [3.05, 3.63) is 23.4 Å². The van der Waals surface area contributed by atoms with Gasteiger partial charge in [0.15, 0.2) is 0 Å². The number of Topliss-reactive ketones (excluding diaryl/α,β-unsaturated/α-hetero) is 2. The highest BCUT2D eigenvalue weighted by Crippen LogP contribution is 2.63. The Labute approximate surface area is 221 Å². The Hall–Kier alpha value is -1.91. The molecule has 5 nitrogen and oxygen atoms in total. The molecule has 10 unspecified atom stereocenters. The summed E-state index contributed by atoms with van der Waals surface area (Å²) >= 11 is 0. The van der Waals surface area contributed by atoms with Gasteiger partial charge in [-0.2, -0.15) is 0 Å². The van der Waals surface area contributed by atoms with Gasteiger partial charge in [-0.3, -0.25) is 14.4 Å². The molecule has 198 valence electrons. The van der Waals surface area contributed by atoms with E-state index in [0.29, 0.717) is 53.5 Å². The summed E-state index contributed by atoms with van der Waals surface area (Å²) in [4.78, 5) is 45.8. The maximum atomic E-state index is 14.4. The van der Waals surface area contributed by atoms with Crippen molar-refractivity contribution >= 4 is 17.5 Å². The van der Waals surface area contributed by atoms with Gasteiger partial charge in [0.25, 0.3) is 5.91 Å². The molecule has 4 aliphatic carbocycles. The second kappa shape index (κ2) is 7.60. The van der Waals surface area contributed by atoms with Gasteiger partial charge >= 0.3 is 0 Å². The van der Waals surface area contributed by atoms with E-state index in [1.54, 1.807) is 0 Å². The minimum Gasteiger partial charge on any atom is -0.370 e. The van der Waals surface area contributed by atoms with Crippen LogP contribution >= 0.6 is 0 Å². The third-order valence-corrected chi connectivity index (χ3v) is 12.7. The summed E-state index contributed by atoms with van der Waals surface area (Å²) in [6.07, 6.45) is 15.5. The van der Waals surface area contributed by atoms with Crippen LogP contribution in [0.4, 0.5) is 0 Å². The number of carbonyl (C=O) groups is 3. The first kappa shape index (κ1) is 23.0. The molecule has 4 heterocycles. The maximum Gasteiger partial charge on any atom is 0.254 e. The number of rotatable bonds is 1. The van der Waals surface area contributed by atoms with Crippen molar-refractivity contribution in [2.45, 2.75) is 95.6 Å². The number of ketones is 2. The standard InChI is InChI=1S/C32H42N2O3/c1-18-9-20-12-28(35)24-5-3-7-33-17-22(11-26(20)31(24,33)15-18)23-14-27-21-10-19(2)16-32(27)25(29(36)13-21)6-4-8-34(32)30(23)37/h14,17-21,24-27H,3-13,15-16H2,1-2H3. The molecule has 4 bridgehead atoms. The molecule has 1 amide bonds. The van der Waals surface area contributed by atoms with Gasteiger partial charge in [0.1, 0.15) is 11.6 Å². The van der Waals surface area contributed by atoms with Crippen molar-refractivity contribution in [1.82, 2.24) is 9.80 Å². The Bertz CT molecular complexity index is 1150. The molecule has 8 rings (SSSR count). The van der Waals surface area contributed by atoms with Crippen LogP contribution in [0.2, 0.25) is 0 Å². The smallest absolute Gasteiger partial charge is 0.254 e. The molecule has 2 spiro atoms. The molecule has 0 N–H and O–H groups in total. The van der Waals surface area contributed by atoms with Crippen LogP contribution in [0.25, 0.3) is 0 Å². The lowest BCUT2D eigenvalue weighted by Gasteiger charge is -2.66. The highest BCUT2D eigenvalue weighted by molar-refractivity contribution is 6.01. The number of amides is 1. The zero-order valence-electron chi connectivity index (χ0n) is 22.6. The Balaban J connectivity index is 1.25. The van der Waals surface area contributed by atoms with E-state index < -0.39 is 0 Å². The van der Waals surface area contributed by atoms with Gasteiger partial charge < -0.3 is 9.80 Å². The lowest BCUT2D eigenvalue weighted by atomic mass is 9.47. The van der Waals surface area contributed by atoms with Crippen LogP contribution in [-0.2, 0) is 14.4 Å². The Morgan fingerprint density at radius 3 is 2.24 bits per heavy atom. The zero-order valence-corrected chi connectivity index (χ0v) is 22.6. The topological polar surface area (TPSA) is 57.7 Å². The van der Waals surface area contributed by atoms with Gasteiger partial charge in [0.2, 0.25) is 0 Å². The van der Waals surface area contributed by atoms with Crippen molar-refractivity contribution in [3.8, 4) is 0 Å². The molecular weight excluding hydrogens is 460 g/mol. The van der Waals surface area contributed by atoms with Crippen molar-refractivity contribution in [1.29, 1.82) is 0 Å². The Morgan fingerprint density at radius 1 is 0.811 bits per heavy atom. The number of carbonyl (C=O) groups excluding carboxylic acids is 3. The summed E-state index contributed by atoms with van der Waals surface area (Å²) in [5, 5.41) is 0. The van der Waals surface area contributed by atoms with Gasteiger partial charge in [0, 0.05) is 55.5 Å². The monoisotopic (exact) mass is 502 g/mol. The first-order valence-corrected chi connectivity index (χ1v) is 15.4. The fraction of sp³-hybridized carbons (Fsp3) is 0.781. The second-order valence-corrected chi connectivity index (χ2v) is 14.5. The van der Waals surface area contributed by atoms with Crippen LogP contribution in [0.1, 0.15) is 84.5 Å². The molecule has 10 atom stereocenters.